The molecule has 5 nitrogen and oxygen atoms in total. The number of hydrogen-bond donors (Lipinski definition) is 0. The van der Waals surface area contributed by atoms with Gasteiger partial charge in [0.15, 0.2) is 0 Å². The standard InChI is InChI=1S/C18F13NO4/c19-1-3(21)8(26)15(9(27)4(1)22)35-17-12(30)7(25)14(32(33)34)18(13(17)31)36-16-10(28)5(23)2(20)6(24)11(16)29. The lowest BCUT2D eigenvalue weighted by molar-refractivity contribution is -0.388. The van der Waals surface area contributed by atoms with Crippen LogP contribution in [0, 0.1) is 85.7 Å². The van der Waals surface area contributed by atoms with Crippen LogP contribution in [0.3, 0.4) is 0 Å². The summed E-state index contributed by atoms with van der Waals surface area (Å²) in [5.41, 5.74) is -2.50. The Hall–Kier alpha value is -4.25. The Morgan fingerprint density at radius 2 is 0.639 bits per heavy atom. The fourth-order valence-corrected chi connectivity index (χ4v) is 2.51. The topological polar surface area (TPSA) is 61.6 Å². The van der Waals surface area contributed by atoms with E-state index in [0.29, 0.717) is 0 Å². The van der Waals surface area contributed by atoms with Crippen LogP contribution in [0.4, 0.5) is 62.8 Å². The zero-order valence-corrected chi connectivity index (χ0v) is 16.0. The van der Waals surface area contributed by atoms with Crippen LogP contribution in [0.1, 0.15) is 0 Å². The van der Waals surface area contributed by atoms with Crippen LogP contribution in [-0.2, 0) is 0 Å². The molecule has 0 unspecified atom stereocenters. The van der Waals surface area contributed by atoms with Gasteiger partial charge in [-0.1, -0.05) is 0 Å². The van der Waals surface area contributed by atoms with Crippen molar-refractivity contribution in [1.82, 2.24) is 0 Å². The van der Waals surface area contributed by atoms with Crippen molar-refractivity contribution in [2.45, 2.75) is 0 Å². The quantitative estimate of drug-likeness (QED) is 0.115. The van der Waals surface area contributed by atoms with Crippen LogP contribution in [0.2, 0.25) is 0 Å². The molecule has 0 fully saturated rings. The van der Waals surface area contributed by atoms with E-state index in [1.54, 1.807) is 0 Å². The molecule has 0 N–H and O–H groups in total. The molecule has 192 valence electrons. The number of ether oxygens (including phenoxy) is 2. The molecule has 3 aromatic rings. The Morgan fingerprint density at radius 3 is 0.972 bits per heavy atom. The fourth-order valence-electron chi connectivity index (χ4n) is 2.51. The minimum Gasteiger partial charge on any atom is -0.444 e. The number of hydrogen-bond acceptors (Lipinski definition) is 4. The van der Waals surface area contributed by atoms with Gasteiger partial charge in [-0.15, -0.1) is 0 Å². The Morgan fingerprint density at radius 1 is 0.389 bits per heavy atom. The number of nitrogens with zero attached hydrogens (tertiary/aromatic N) is 1. The third-order valence-corrected chi connectivity index (χ3v) is 4.14. The number of nitro benzene ring substituents is 1. The minimum absolute atomic E-state index is 2.02. The maximum Gasteiger partial charge on any atom is 0.353 e. The number of benzene rings is 3. The molecule has 0 saturated carbocycles. The Labute approximate surface area is 187 Å². The van der Waals surface area contributed by atoms with Gasteiger partial charge in [0.2, 0.25) is 98.6 Å². The summed E-state index contributed by atoms with van der Waals surface area (Å²) >= 11 is 0. The van der Waals surface area contributed by atoms with Crippen molar-refractivity contribution in [2.24, 2.45) is 0 Å². The third-order valence-electron chi connectivity index (χ3n) is 4.14. The molecule has 0 bridgehead atoms. The summed E-state index contributed by atoms with van der Waals surface area (Å²) in [5.74, 6) is -46.7. The molecule has 0 radical (unpaired) electrons. The van der Waals surface area contributed by atoms with E-state index in [4.69, 9.17) is 0 Å². The van der Waals surface area contributed by atoms with Crippen LogP contribution in [0.5, 0.6) is 23.0 Å². The molecule has 0 aliphatic rings. The van der Waals surface area contributed by atoms with Gasteiger partial charge in [-0.25, -0.2) is 26.3 Å². The molecule has 0 aliphatic carbocycles. The van der Waals surface area contributed by atoms with E-state index in [1.165, 1.54) is 0 Å². The van der Waals surface area contributed by atoms with E-state index >= 15 is 0 Å². The molecular weight excluding hydrogens is 541 g/mol. The van der Waals surface area contributed by atoms with Crippen LogP contribution in [-0.4, -0.2) is 4.92 Å². The maximum absolute atomic E-state index is 14.8. The van der Waals surface area contributed by atoms with E-state index in [1.807, 2.05) is 0 Å². The molecule has 36 heavy (non-hydrogen) atoms. The highest BCUT2D eigenvalue weighted by atomic mass is 19.2. The maximum atomic E-state index is 14.8. The molecule has 3 rings (SSSR count). The molecule has 0 aliphatic heterocycles. The van der Waals surface area contributed by atoms with Crippen LogP contribution >= 0.6 is 0 Å². The van der Waals surface area contributed by atoms with Crippen molar-refractivity contribution in [3.05, 3.63) is 85.7 Å². The second kappa shape index (κ2) is 9.08. The van der Waals surface area contributed by atoms with E-state index in [0.717, 1.165) is 0 Å². The van der Waals surface area contributed by atoms with Crippen molar-refractivity contribution in [3.8, 4) is 23.0 Å². The van der Waals surface area contributed by atoms with E-state index in [-0.39, 0.29) is 0 Å². The number of nitro groups is 1. The van der Waals surface area contributed by atoms with Crippen molar-refractivity contribution in [3.63, 3.8) is 0 Å². The minimum atomic E-state index is -2.88. The third kappa shape index (κ3) is 3.87. The summed E-state index contributed by atoms with van der Waals surface area (Å²) < 4.78 is 186. The zero-order valence-electron chi connectivity index (χ0n) is 16.0. The van der Waals surface area contributed by atoms with Gasteiger partial charge < -0.3 is 9.47 Å². The first-order valence-electron chi connectivity index (χ1n) is 8.36. The first-order chi connectivity index (χ1) is 16.6. The van der Waals surface area contributed by atoms with Crippen molar-refractivity contribution < 1.29 is 71.5 Å². The van der Waals surface area contributed by atoms with E-state index in [9.17, 15) is 67.2 Å². The monoisotopic (exact) mass is 541 g/mol. The van der Waals surface area contributed by atoms with Gasteiger partial charge in [0.1, 0.15) is 0 Å². The second-order valence-electron chi connectivity index (χ2n) is 6.21. The van der Waals surface area contributed by atoms with Crippen LogP contribution in [0.15, 0.2) is 0 Å². The summed E-state index contributed by atoms with van der Waals surface area (Å²) in [7, 11) is 0. The first-order valence-corrected chi connectivity index (χ1v) is 8.36. The highest BCUT2D eigenvalue weighted by Crippen LogP contribution is 2.46. The normalized spacial score (nSPS) is 11.1. The largest absolute Gasteiger partial charge is 0.444 e. The van der Waals surface area contributed by atoms with Gasteiger partial charge >= 0.3 is 5.69 Å². The van der Waals surface area contributed by atoms with Crippen molar-refractivity contribution in [1.29, 1.82) is 0 Å². The Kier molecular flexibility index (Phi) is 6.65. The summed E-state index contributed by atoms with van der Waals surface area (Å²) in [4.78, 5) is 9.03. The highest BCUT2D eigenvalue weighted by molar-refractivity contribution is 5.57. The molecule has 0 amide bonds. The molecule has 0 atom stereocenters. The smallest absolute Gasteiger partial charge is 0.353 e. The summed E-state index contributed by atoms with van der Waals surface area (Å²) in [6, 6.07) is 0. The number of rotatable bonds is 5. The molecule has 0 aromatic heterocycles. The Bertz CT molecular complexity index is 1400. The predicted molar refractivity (Wildman–Crippen MR) is 85.6 cm³/mol. The lowest BCUT2D eigenvalue weighted by Crippen LogP contribution is -2.10. The predicted octanol–water partition coefficient (Wildman–Crippen LogP) is 6.99. The van der Waals surface area contributed by atoms with Gasteiger partial charge in [-0.2, -0.15) is 30.7 Å². The SMILES string of the molecule is O=[N+]([O-])c1c(F)c(F)c(Oc2c(F)c(F)c(F)c(F)c2F)c(F)c1Oc1c(F)c(F)c(F)c(F)c1F. The lowest BCUT2D eigenvalue weighted by Gasteiger charge is -2.15. The molecule has 18 heteroatoms. The second-order valence-corrected chi connectivity index (χ2v) is 6.21. The van der Waals surface area contributed by atoms with Gasteiger partial charge in [0.25, 0.3) is 0 Å². The summed E-state index contributed by atoms with van der Waals surface area (Å²) in [5, 5.41) is 11.1. The summed E-state index contributed by atoms with van der Waals surface area (Å²) in [6.07, 6.45) is 0. The van der Waals surface area contributed by atoms with E-state index < -0.39 is 109 Å². The molecule has 0 saturated heterocycles. The average molecular weight is 541 g/mol. The van der Waals surface area contributed by atoms with Crippen LogP contribution in [0.25, 0.3) is 0 Å². The fraction of sp³-hybridized carbons (Fsp3) is 0. The molecule has 0 heterocycles. The molecule has 3 aromatic carbocycles. The van der Waals surface area contributed by atoms with Gasteiger partial charge in [-0.3, -0.25) is 10.1 Å². The average Bonchev–Trinajstić information content (AvgIpc) is 2.83. The summed E-state index contributed by atoms with van der Waals surface area (Å²) in [6.45, 7) is 0. The van der Waals surface area contributed by atoms with Crippen LogP contribution < -0.4 is 9.47 Å². The highest BCUT2D eigenvalue weighted by Gasteiger charge is 2.39. The van der Waals surface area contributed by atoms with E-state index in [2.05, 4.69) is 9.47 Å². The lowest BCUT2D eigenvalue weighted by atomic mass is 10.2. The number of halogens is 13. The van der Waals surface area contributed by atoms with Crippen molar-refractivity contribution in [2.75, 3.05) is 0 Å². The zero-order chi connectivity index (χ0) is 27.4. The van der Waals surface area contributed by atoms with Gasteiger partial charge in [0.05, 0.1) is 4.92 Å². The van der Waals surface area contributed by atoms with Gasteiger partial charge in [0, 0.05) is 0 Å². The molecule has 0 spiro atoms. The first kappa shape index (κ1) is 26.4. The molecular formula is C18F13NO4. The van der Waals surface area contributed by atoms with Gasteiger partial charge in [-0.05, 0) is 0 Å². The van der Waals surface area contributed by atoms with Crippen molar-refractivity contribution >= 4 is 5.69 Å². The Balaban J connectivity index is 2.33.